The summed E-state index contributed by atoms with van der Waals surface area (Å²) in [6.07, 6.45) is 3.44. The molecule has 0 unspecified atom stereocenters. The summed E-state index contributed by atoms with van der Waals surface area (Å²) >= 11 is 0. The second-order valence-electron chi connectivity index (χ2n) is 2.03. The maximum Gasteiger partial charge on any atom is 0.0950 e. The number of nitrogens with zero attached hydrogens (tertiary/aromatic N) is 1. The predicted octanol–water partition coefficient (Wildman–Crippen LogP) is 1.19. The molecular weight excluding hydrogens is 128 g/mol. The highest BCUT2D eigenvalue weighted by Crippen LogP contribution is 2.12. The summed E-state index contributed by atoms with van der Waals surface area (Å²) < 4.78 is 4.79. The topological polar surface area (TPSA) is 63.0 Å². The van der Waals surface area contributed by atoms with Crippen molar-refractivity contribution in [3.63, 3.8) is 0 Å². The number of hydrogen-bond donors (Lipinski definition) is 1. The largest absolute Gasteiger partial charge is 0.472 e. The van der Waals surface area contributed by atoms with E-state index in [-0.39, 0.29) is 6.04 Å². The van der Waals surface area contributed by atoms with E-state index < -0.39 is 0 Å². The molecule has 1 aromatic rings. The first-order valence-electron chi connectivity index (χ1n) is 2.99. The zero-order valence-electron chi connectivity index (χ0n) is 5.45. The van der Waals surface area contributed by atoms with Crippen LogP contribution in [0.2, 0.25) is 0 Å². The highest BCUT2D eigenvalue weighted by molar-refractivity contribution is 5.12. The van der Waals surface area contributed by atoms with Gasteiger partial charge in [-0.3, -0.25) is 0 Å². The number of rotatable bonds is 2. The van der Waals surface area contributed by atoms with E-state index in [0.717, 1.165) is 5.56 Å². The van der Waals surface area contributed by atoms with Gasteiger partial charge in [0.25, 0.3) is 0 Å². The molecular formula is C7H8N2O. The van der Waals surface area contributed by atoms with Crippen LogP contribution in [-0.2, 0) is 0 Å². The van der Waals surface area contributed by atoms with Crippen molar-refractivity contribution >= 4 is 0 Å². The first kappa shape index (κ1) is 6.84. The van der Waals surface area contributed by atoms with Gasteiger partial charge < -0.3 is 10.2 Å². The molecule has 1 aromatic heterocycles. The Hall–Kier alpha value is -1.27. The van der Waals surface area contributed by atoms with Crippen molar-refractivity contribution in [2.45, 2.75) is 12.5 Å². The fourth-order valence-electron chi connectivity index (χ4n) is 0.702. The third kappa shape index (κ3) is 1.36. The van der Waals surface area contributed by atoms with Gasteiger partial charge in [0.2, 0.25) is 0 Å². The Balaban J connectivity index is 2.61. The summed E-state index contributed by atoms with van der Waals surface area (Å²) in [5, 5.41) is 8.27. The number of nitrogens with two attached hydrogens (primary N) is 1. The van der Waals surface area contributed by atoms with Crippen LogP contribution in [0.25, 0.3) is 0 Å². The van der Waals surface area contributed by atoms with Gasteiger partial charge in [0.1, 0.15) is 0 Å². The van der Waals surface area contributed by atoms with Crippen molar-refractivity contribution in [3.8, 4) is 6.07 Å². The van der Waals surface area contributed by atoms with Crippen molar-refractivity contribution in [3.05, 3.63) is 24.2 Å². The molecule has 0 saturated carbocycles. The van der Waals surface area contributed by atoms with Crippen LogP contribution in [0.15, 0.2) is 23.0 Å². The molecule has 0 spiro atoms. The van der Waals surface area contributed by atoms with Gasteiger partial charge in [-0.15, -0.1) is 0 Å². The van der Waals surface area contributed by atoms with Gasteiger partial charge in [0, 0.05) is 11.6 Å². The van der Waals surface area contributed by atoms with Crippen molar-refractivity contribution < 1.29 is 4.42 Å². The zero-order valence-corrected chi connectivity index (χ0v) is 5.45. The summed E-state index contributed by atoms with van der Waals surface area (Å²) in [5.74, 6) is 0. The van der Waals surface area contributed by atoms with E-state index in [9.17, 15) is 0 Å². The molecule has 1 atom stereocenters. The summed E-state index contributed by atoms with van der Waals surface area (Å²) in [6.45, 7) is 0. The Morgan fingerprint density at radius 1 is 1.80 bits per heavy atom. The normalized spacial score (nSPS) is 12.4. The zero-order chi connectivity index (χ0) is 7.40. The van der Waals surface area contributed by atoms with Crippen LogP contribution in [0.4, 0.5) is 0 Å². The van der Waals surface area contributed by atoms with Gasteiger partial charge in [-0.2, -0.15) is 5.26 Å². The molecule has 1 heterocycles. The van der Waals surface area contributed by atoms with Gasteiger partial charge in [0.05, 0.1) is 25.0 Å². The minimum absolute atomic E-state index is 0.205. The molecule has 0 amide bonds. The fourth-order valence-corrected chi connectivity index (χ4v) is 0.702. The molecule has 0 fully saturated rings. The van der Waals surface area contributed by atoms with Gasteiger partial charge in [-0.1, -0.05) is 0 Å². The van der Waals surface area contributed by atoms with Crippen molar-refractivity contribution in [2.75, 3.05) is 0 Å². The lowest BCUT2D eigenvalue weighted by molar-refractivity contribution is 0.559. The lowest BCUT2D eigenvalue weighted by atomic mass is 10.1. The van der Waals surface area contributed by atoms with Gasteiger partial charge in [-0.05, 0) is 6.07 Å². The van der Waals surface area contributed by atoms with Crippen LogP contribution in [0.1, 0.15) is 18.0 Å². The monoisotopic (exact) mass is 136 g/mol. The Morgan fingerprint density at radius 3 is 3.10 bits per heavy atom. The molecule has 0 bridgehead atoms. The lowest BCUT2D eigenvalue weighted by Crippen LogP contribution is -2.07. The summed E-state index contributed by atoms with van der Waals surface area (Å²) in [5.41, 5.74) is 6.44. The van der Waals surface area contributed by atoms with Crippen LogP contribution in [0, 0.1) is 11.3 Å². The number of hydrogen-bond acceptors (Lipinski definition) is 3. The Bertz CT molecular complexity index is 222. The highest BCUT2D eigenvalue weighted by Gasteiger charge is 2.04. The molecule has 3 nitrogen and oxygen atoms in total. The Labute approximate surface area is 59.1 Å². The van der Waals surface area contributed by atoms with Gasteiger partial charge >= 0.3 is 0 Å². The van der Waals surface area contributed by atoms with E-state index >= 15 is 0 Å². The molecule has 52 valence electrons. The molecule has 0 aliphatic rings. The number of furan rings is 1. The maximum absolute atomic E-state index is 8.27. The molecule has 10 heavy (non-hydrogen) atoms. The van der Waals surface area contributed by atoms with Crippen molar-refractivity contribution in [2.24, 2.45) is 5.73 Å². The third-order valence-electron chi connectivity index (χ3n) is 1.28. The van der Waals surface area contributed by atoms with Crippen LogP contribution < -0.4 is 5.73 Å². The third-order valence-corrected chi connectivity index (χ3v) is 1.28. The average Bonchev–Trinajstić information content (AvgIpc) is 2.38. The molecule has 2 N–H and O–H groups in total. The van der Waals surface area contributed by atoms with E-state index in [1.54, 1.807) is 18.6 Å². The molecule has 1 rings (SSSR count). The van der Waals surface area contributed by atoms with Crippen LogP contribution >= 0.6 is 0 Å². The molecule has 0 aliphatic heterocycles. The minimum atomic E-state index is -0.205. The fraction of sp³-hybridized carbons (Fsp3) is 0.286. The Kier molecular flexibility index (Phi) is 2.08. The SMILES string of the molecule is N#CC[C@H](N)c1ccoc1. The summed E-state index contributed by atoms with van der Waals surface area (Å²) in [4.78, 5) is 0. The van der Waals surface area contributed by atoms with Crippen LogP contribution in [-0.4, -0.2) is 0 Å². The number of nitriles is 1. The molecule has 3 heteroatoms. The maximum atomic E-state index is 8.27. The van der Waals surface area contributed by atoms with Crippen LogP contribution in [0.5, 0.6) is 0 Å². The van der Waals surface area contributed by atoms with Gasteiger partial charge in [0.15, 0.2) is 0 Å². The van der Waals surface area contributed by atoms with E-state index in [1.807, 2.05) is 6.07 Å². The molecule has 0 saturated heterocycles. The van der Waals surface area contributed by atoms with E-state index in [4.69, 9.17) is 15.4 Å². The van der Waals surface area contributed by atoms with E-state index in [1.165, 1.54) is 0 Å². The molecule has 0 radical (unpaired) electrons. The summed E-state index contributed by atoms with van der Waals surface area (Å²) in [7, 11) is 0. The second kappa shape index (κ2) is 3.04. The first-order chi connectivity index (χ1) is 4.84. The predicted molar refractivity (Wildman–Crippen MR) is 35.9 cm³/mol. The van der Waals surface area contributed by atoms with Crippen molar-refractivity contribution in [1.82, 2.24) is 0 Å². The molecule has 0 aliphatic carbocycles. The van der Waals surface area contributed by atoms with E-state index in [0.29, 0.717) is 6.42 Å². The average molecular weight is 136 g/mol. The quantitative estimate of drug-likeness (QED) is 0.664. The highest BCUT2D eigenvalue weighted by atomic mass is 16.3. The van der Waals surface area contributed by atoms with Gasteiger partial charge in [-0.25, -0.2) is 0 Å². The first-order valence-corrected chi connectivity index (χ1v) is 2.99. The minimum Gasteiger partial charge on any atom is -0.472 e. The van der Waals surface area contributed by atoms with Crippen LogP contribution in [0.3, 0.4) is 0 Å². The van der Waals surface area contributed by atoms with E-state index in [2.05, 4.69) is 0 Å². The Morgan fingerprint density at radius 2 is 2.60 bits per heavy atom. The van der Waals surface area contributed by atoms with Crippen molar-refractivity contribution in [1.29, 1.82) is 5.26 Å². The standard InChI is InChI=1S/C7H8N2O/c8-3-1-7(9)6-2-4-10-5-6/h2,4-5,7H,1,9H2/t7-/m0/s1. The second-order valence-corrected chi connectivity index (χ2v) is 2.03. The lowest BCUT2D eigenvalue weighted by Gasteiger charge is -2.00. The summed E-state index contributed by atoms with van der Waals surface area (Å²) in [6, 6.07) is 3.55. The smallest absolute Gasteiger partial charge is 0.0950 e. The molecule has 0 aromatic carbocycles.